The van der Waals surface area contributed by atoms with Crippen LogP contribution in [0.4, 0.5) is 4.79 Å². The molecule has 0 spiro atoms. The summed E-state index contributed by atoms with van der Waals surface area (Å²) in [6, 6.07) is 12.8. The summed E-state index contributed by atoms with van der Waals surface area (Å²) in [4.78, 5) is 14.3. The van der Waals surface area contributed by atoms with E-state index in [2.05, 4.69) is 47.5 Å². The number of carbonyl (C=O) groups excluding carboxylic acids is 1. The first-order valence-electron chi connectivity index (χ1n) is 10.7. The SMILES string of the molecule is COC(=O)N1C(C)CC(c2ccn[nH]2)C1COC1CCC(c2ccccc2)CC1. The molecule has 29 heavy (non-hydrogen) atoms. The quantitative estimate of drug-likeness (QED) is 0.809. The number of carbonyl (C=O) groups is 1. The van der Waals surface area contributed by atoms with Crippen LogP contribution in [0.15, 0.2) is 42.6 Å². The Bertz CT molecular complexity index is 772. The highest BCUT2D eigenvalue weighted by molar-refractivity contribution is 5.69. The molecule has 2 aliphatic rings. The fourth-order valence-electron chi connectivity index (χ4n) is 5.11. The van der Waals surface area contributed by atoms with Gasteiger partial charge < -0.3 is 9.47 Å². The highest BCUT2D eigenvalue weighted by atomic mass is 16.5. The molecule has 1 aromatic carbocycles. The molecule has 1 saturated carbocycles. The molecule has 2 aromatic rings. The number of hydrogen-bond acceptors (Lipinski definition) is 4. The molecule has 1 amide bonds. The van der Waals surface area contributed by atoms with Crippen molar-refractivity contribution in [1.82, 2.24) is 15.1 Å². The largest absolute Gasteiger partial charge is 0.453 e. The number of hydrogen-bond donors (Lipinski definition) is 1. The minimum Gasteiger partial charge on any atom is -0.453 e. The molecule has 1 aliphatic heterocycles. The minimum atomic E-state index is -0.277. The van der Waals surface area contributed by atoms with Gasteiger partial charge in [0.2, 0.25) is 0 Å². The Morgan fingerprint density at radius 2 is 1.93 bits per heavy atom. The van der Waals surface area contributed by atoms with Gasteiger partial charge in [-0.2, -0.15) is 5.10 Å². The molecule has 1 aliphatic carbocycles. The number of likely N-dealkylation sites (tertiary alicyclic amines) is 1. The van der Waals surface area contributed by atoms with Gasteiger partial charge >= 0.3 is 6.09 Å². The first kappa shape index (κ1) is 20.0. The minimum absolute atomic E-state index is 0.0373. The van der Waals surface area contributed by atoms with Crippen molar-refractivity contribution in [3.63, 3.8) is 0 Å². The number of benzene rings is 1. The number of aromatic amines is 1. The van der Waals surface area contributed by atoms with Gasteiger partial charge in [0.1, 0.15) is 0 Å². The van der Waals surface area contributed by atoms with E-state index in [0.717, 1.165) is 37.8 Å². The standard InChI is InChI=1S/C23H31N3O3/c1-16-14-20(21-12-13-24-25-21)22(26(16)23(27)28-2)15-29-19-10-8-18(9-11-19)17-6-4-3-5-7-17/h3-7,12-13,16,18-20,22H,8-11,14-15H2,1-2H3,(H,24,25). The van der Waals surface area contributed by atoms with Gasteiger partial charge in [0.05, 0.1) is 25.9 Å². The Labute approximate surface area is 172 Å². The third-order valence-corrected chi connectivity index (χ3v) is 6.65. The zero-order valence-electron chi connectivity index (χ0n) is 17.3. The van der Waals surface area contributed by atoms with Gasteiger partial charge in [0, 0.05) is 23.9 Å². The molecule has 0 radical (unpaired) electrons. The summed E-state index contributed by atoms with van der Waals surface area (Å²) in [5.74, 6) is 0.819. The Morgan fingerprint density at radius 1 is 1.17 bits per heavy atom. The van der Waals surface area contributed by atoms with Crippen LogP contribution in [0.25, 0.3) is 0 Å². The molecule has 1 saturated heterocycles. The summed E-state index contributed by atoms with van der Waals surface area (Å²) in [6.45, 7) is 2.61. The molecule has 3 atom stereocenters. The van der Waals surface area contributed by atoms with Crippen LogP contribution >= 0.6 is 0 Å². The van der Waals surface area contributed by atoms with Crippen molar-refractivity contribution in [2.75, 3.05) is 13.7 Å². The van der Waals surface area contributed by atoms with Gasteiger partial charge in [-0.05, 0) is 56.6 Å². The maximum atomic E-state index is 12.4. The van der Waals surface area contributed by atoms with Crippen molar-refractivity contribution < 1.29 is 14.3 Å². The van der Waals surface area contributed by atoms with Crippen molar-refractivity contribution in [3.05, 3.63) is 53.9 Å². The average molecular weight is 398 g/mol. The zero-order chi connectivity index (χ0) is 20.2. The Balaban J connectivity index is 1.38. The smallest absolute Gasteiger partial charge is 0.410 e. The van der Waals surface area contributed by atoms with E-state index in [1.165, 1.54) is 12.7 Å². The van der Waals surface area contributed by atoms with Gasteiger partial charge in [-0.3, -0.25) is 10.00 Å². The number of ether oxygens (including phenoxy) is 2. The molecular formula is C23H31N3O3. The van der Waals surface area contributed by atoms with Gasteiger partial charge in [-0.15, -0.1) is 0 Å². The highest BCUT2D eigenvalue weighted by Crippen LogP contribution is 2.39. The van der Waals surface area contributed by atoms with Crippen LogP contribution in [0.5, 0.6) is 0 Å². The fraction of sp³-hybridized carbons (Fsp3) is 0.565. The number of nitrogens with zero attached hydrogens (tertiary/aromatic N) is 2. The lowest BCUT2D eigenvalue weighted by Crippen LogP contribution is -2.44. The third-order valence-electron chi connectivity index (χ3n) is 6.65. The van der Waals surface area contributed by atoms with Crippen LogP contribution in [0.3, 0.4) is 0 Å². The molecule has 1 N–H and O–H groups in total. The normalized spacial score (nSPS) is 29.7. The number of H-pyrrole nitrogens is 1. The van der Waals surface area contributed by atoms with Gasteiger partial charge in [-0.25, -0.2) is 4.79 Å². The average Bonchev–Trinajstić information content (AvgIpc) is 3.40. The summed E-state index contributed by atoms with van der Waals surface area (Å²) in [5.41, 5.74) is 2.50. The second-order valence-electron chi connectivity index (χ2n) is 8.37. The van der Waals surface area contributed by atoms with Crippen molar-refractivity contribution in [2.24, 2.45) is 0 Å². The number of amides is 1. The second kappa shape index (κ2) is 8.99. The number of rotatable bonds is 5. The molecule has 156 valence electrons. The lowest BCUT2D eigenvalue weighted by molar-refractivity contribution is -0.00844. The maximum absolute atomic E-state index is 12.4. The van der Waals surface area contributed by atoms with Gasteiger partial charge in [0.15, 0.2) is 0 Å². The lowest BCUT2D eigenvalue weighted by Gasteiger charge is -2.33. The molecule has 3 unspecified atom stereocenters. The van der Waals surface area contributed by atoms with Crippen LogP contribution < -0.4 is 0 Å². The second-order valence-corrected chi connectivity index (χ2v) is 8.37. The molecule has 6 nitrogen and oxygen atoms in total. The molecular weight excluding hydrogens is 366 g/mol. The van der Waals surface area contributed by atoms with E-state index in [1.807, 2.05) is 11.0 Å². The molecule has 0 bridgehead atoms. The zero-order valence-corrected chi connectivity index (χ0v) is 17.3. The van der Waals surface area contributed by atoms with Crippen LogP contribution in [-0.4, -0.2) is 53.1 Å². The monoisotopic (exact) mass is 397 g/mol. The molecule has 1 aromatic heterocycles. The van der Waals surface area contributed by atoms with Crippen molar-refractivity contribution in [2.45, 2.75) is 69.1 Å². The van der Waals surface area contributed by atoms with Gasteiger partial charge in [-0.1, -0.05) is 30.3 Å². The van der Waals surface area contributed by atoms with Gasteiger partial charge in [0.25, 0.3) is 0 Å². The van der Waals surface area contributed by atoms with E-state index in [1.54, 1.807) is 6.20 Å². The number of methoxy groups -OCH3 is 1. The van der Waals surface area contributed by atoms with Crippen LogP contribution in [0.1, 0.15) is 62.1 Å². The van der Waals surface area contributed by atoms with E-state index in [9.17, 15) is 4.79 Å². The third kappa shape index (κ3) is 4.32. The molecule has 4 rings (SSSR count). The van der Waals surface area contributed by atoms with E-state index in [-0.39, 0.29) is 30.2 Å². The summed E-state index contributed by atoms with van der Waals surface area (Å²) >= 11 is 0. The Morgan fingerprint density at radius 3 is 2.59 bits per heavy atom. The predicted molar refractivity (Wildman–Crippen MR) is 111 cm³/mol. The lowest BCUT2D eigenvalue weighted by atomic mass is 9.83. The van der Waals surface area contributed by atoms with E-state index >= 15 is 0 Å². The Hall–Kier alpha value is -2.34. The summed E-state index contributed by atoms with van der Waals surface area (Å²) in [7, 11) is 1.45. The molecule has 6 heteroatoms. The summed E-state index contributed by atoms with van der Waals surface area (Å²) in [6.07, 6.45) is 7.06. The van der Waals surface area contributed by atoms with Crippen LogP contribution in [0.2, 0.25) is 0 Å². The maximum Gasteiger partial charge on any atom is 0.410 e. The highest BCUT2D eigenvalue weighted by Gasteiger charge is 2.44. The fourth-order valence-corrected chi connectivity index (χ4v) is 5.11. The molecule has 2 heterocycles. The first-order valence-corrected chi connectivity index (χ1v) is 10.7. The predicted octanol–water partition coefficient (Wildman–Crippen LogP) is 4.47. The molecule has 2 fully saturated rings. The van der Waals surface area contributed by atoms with Crippen LogP contribution in [0, 0.1) is 0 Å². The summed E-state index contributed by atoms with van der Waals surface area (Å²) < 4.78 is 11.4. The van der Waals surface area contributed by atoms with Crippen LogP contribution in [-0.2, 0) is 9.47 Å². The topological polar surface area (TPSA) is 67.5 Å². The number of aromatic nitrogens is 2. The van der Waals surface area contributed by atoms with E-state index < -0.39 is 0 Å². The van der Waals surface area contributed by atoms with E-state index in [0.29, 0.717) is 12.5 Å². The van der Waals surface area contributed by atoms with E-state index in [4.69, 9.17) is 9.47 Å². The first-order chi connectivity index (χ1) is 14.2. The summed E-state index contributed by atoms with van der Waals surface area (Å²) in [5, 5.41) is 7.19. The Kier molecular flexibility index (Phi) is 6.19. The van der Waals surface area contributed by atoms with Crippen molar-refractivity contribution >= 4 is 6.09 Å². The van der Waals surface area contributed by atoms with Crippen molar-refractivity contribution in [3.8, 4) is 0 Å². The van der Waals surface area contributed by atoms with Crippen molar-refractivity contribution in [1.29, 1.82) is 0 Å². The number of nitrogens with one attached hydrogen (secondary N) is 1.